The molecule has 0 fully saturated rings. The topological polar surface area (TPSA) is 85.5 Å². The average Bonchev–Trinajstić information content (AvgIpc) is 0. The molecule has 0 heterocycles. The van der Waals surface area contributed by atoms with Crippen molar-refractivity contribution in [1.29, 1.82) is 0 Å². The van der Waals surface area contributed by atoms with Gasteiger partial charge >= 0.3 is 56.3 Å². The van der Waals surface area contributed by atoms with Gasteiger partial charge in [0.15, 0.2) is 0 Å². The summed E-state index contributed by atoms with van der Waals surface area (Å²) in [6.07, 6.45) is 0. The first-order valence-corrected chi connectivity index (χ1v) is 0. The molecule has 6 heavy (non-hydrogen) atoms. The van der Waals surface area contributed by atoms with E-state index in [-0.39, 0.29) is 72.8 Å². The van der Waals surface area contributed by atoms with Crippen LogP contribution in [-0.4, -0.2) is 23.1 Å². The van der Waals surface area contributed by atoms with Gasteiger partial charge in [-0.25, -0.2) is 0 Å². The fraction of sp³-hybridized carbons (Fsp3) is 0. The number of rotatable bonds is 0. The minimum atomic E-state index is 0. The summed E-state index contributed by atoms with van der Waals surface area (Å²) in [5, 5.41) is 0. The summed E-state index contributed by atoms with van der Waals surface area (Å²) >= 11 is 0. The number of hydrogen-bond acceptors (Lipinski definition) is 0. The summed E-state index contributed by atoms with van der Waals surface area (Å²) in [6, 6.07) is 0. The van der Waals surface area contributed by atoms with Crippen LogP contribution >= 0.6 is 0 Å². The van der Waals surface area contributed by atoms with Crippen molar-refractivity contribution in [3.05, 3.63) is 0 Å². The molecular weight excluding hydrogens is 190 g/mol. The molecule has 6 heteroatoms. The molecule has 1 radical (unpaired) electrons. The summed E-state index contributed by atoms with van der Waals surface area (Å²) in [7, 11) is 0. The molecule has 0 aliphatic heterocycles. The van der Waals surface area contributed by atoms with Crippen molar-refractivity contribution >= 4 is 23.1 Å². The predicted octanol–water partition coefficient (Wildman–Crippen LogP) is -0.742. The first kappa shape index (κ1) is 125. The van der Waals surface area contributed by atoms with Crippen molar-refractivity contribution in [1.82, 2.24) is 0 Å². The van der Waals surface area contributed by atoms with Gasteiger partial charge in [0.2, 0.25) is 0 Å². The fourth-order valence-electron chi connectivity index (χ4n) is 0. The van der Waals surface area contributed by atoms with E-state index >= 15 is 0 Å². The van der Waals surface area contributed by atoms with Crippen molar-refractivity contribution in [2.45, 2.75) is 0 Å². The Morgan fingerprint density at radius 3 is 0.667 bits per heavy atom. The van der Waals surface area contributed by atoms with Gasteiger partial charge in [-0.15, -0.1) is 0 Å². The number of hydrogen-bond donors (Lipinski definition) is 0. The van der Waals surface area contributed by atoms with Crippen LogP contribution in [0.3, 0.4) is 0 Å². The molecule has 0 aromatic rings. The summed E-state index contributed by atoms with van der Waals surface area (Å²) in [4.78, 5) is 0. The summed E-state index contributed by atoms with van der Waals surface area (Å²) < 4.78 is 0. The molecular formula is CoMgNiO3. The van der Waals surface area contributed by atoms with E-state index in [1.54, 1.807) is 0 Å². The molecule has 0 atom stereocenters. The van der Waals surface area contributed by atoms with Crippen LogP contribution in [0.1, 0.15) is 0 Å². The Morgan fingerprint density at radius 2 is 0.667 bits per heavy atom. The normalized spacial score (nSPS) is 0. The molecule has 0 amide bonds. The maximum atomic E-state index is 0. The van der Waals surface area contributed by atoms with Gasteiger partial charge in [-0.3, -0.25) is 0 Å². The average molecular weight is 190 g/mol. The van der Waals surface area contributed by atoms with E-state index in [1.165, 1.54) is 0 Å². The van der Waals surface area contributed by atoms with Gasteiger partial charge in [-0.1, -0.05) is 0 Å². The third-order valence-electron chi connectivity index (χ3n) is 0. The molecule has 0 rings (SSSR count). The van der Waals surface area contributed by atoms with E-state index in [9.17, 15) is 0 Å². The first-order chi connectivity index (χ1) is 0. The van der Waals surface area contributed by atoms with E-state index in [0.29, 0.717) is 0 Å². The van der Waals surface area contributed by atoms with Crippen LogP contribution in [0.25, 0.3) is 0 Å². The summed E-state index contributed by atoms with van der Waals surface area (Å²) in [6.45, 7) is 0. The molecule has 0 N–H and O–H groups in total. The van der Waals surface area contributed by atoms with Crippen molar-refractivity contribution in [3.63, 3.8) is 0 Å². The Balaban J connectivity index is 0. The minimum Gasteiger partial charge on any atom is -2.00 e. The van der Waals surface area contributed by atoms with E-state index in [1.807, 2.05) is 0 Å². The van der Waals surface area contributed by atoms with E-state index < -0.39 is 0 Å². The molecule has 3 nitrogen and oxygen atoms in total. The summed E-state index contributed by atoms with van der Waals surface area (Å²) in [5.41, 5.74) is 0. The van der Waals surface area contributed by atoms with E-state index in [2.05, 4.69) is 0 Å². The molecule has 0 bridgehead atoms. The molecule has 0 saturated carbocycles. The van der Waals surface area contributed by atoms with Crippen LogP contribution in [-0.2, 0) is 49.7 Å². The van der Waals surface area contributed by atoms with Crippen LogP contribution in [0.15, 0.2) is 0 Å². The quantitative estimate of drug-likeness (QED) is 0.450. The smallest absolute Gasteiger partial charge is 2.00 e. The molecule has 0 saturated heterocycles. The maximum absolute atomic E-state index is 0. The molecule has 0 unspecified atom stereocenters. The second-order valence-electron chi connectivity index (χ2n) is 0. The Bertz CT molecular complexity index is 10.8. The van der Waals surface area contributed by atoms with Gasteiger partial charge in [0.25, 0.3) is 0 Å². The predicted molar refractivity (Wildman–Crippen MR) is 7.81 cm³/mol. The van der Waals surface area contributed by atoms with Gasteiger partial charge in [-0.05, 0) is 0 Å². The van der Waals surface area contributed by atoms with Crippen LogP contribution in [0.5, 0.6) is 0 Å². The Labute approximate surface area is 72.4 Å². The first-order valence-electron chi connectivity index (χ1n) is 0. The SMILES string of the molecule is [Co+2].[Mg+2].[Ni+2].[O-2].[O-2].[O-2]. The molecule has 0 aromatic heterocycles. The van der Waals surface area contributed by atoms with Crippen LogP contribution in [0.4, 0.5) is 0 Å². The van der Waals surface area contributed by atoms with Crippen LogP contribution in [0.2, 0.25) is 0 Å². The van der Waals surface area contributed by atoms with Gasteiger partial charge in [0.05, 0.1) is 0 Å². The van der Waals surface area contributed by atoms with Crippen molar-refractivity contribution in [2.24, 2.45) is 0 Å². The minimum absolute atomic E-state index is 0. The second-order valence-corrected chi connectivity index (χ2v) is 0. The molecule has 39 valence electrons. The molecule has 0 aliphatic carbocycles. The standard InChI is InChI=1S/Co.Mg.Ni.3O/q3*+2;3*-2. The maximum Gasteiger partial charge on any atom is 2.00 e. The Hall–Kier alpha value is 1.65. The molecule has 0 aromatic carbocycles. The second kappa shape index (κ2) is 78.2. The Kier molecular flexibility index (Phi) is 1620. The fourth-order valence-corrected chi connectivity index (χ4v) is 0. The van der Waals surface area contributed by atoms with Gasteiger partial charge < -0.3 is 16.4 Å². The largest absolute Gasteiger partial charge is 2.00 e. The van der Waals surface area contributed by atoms with E-state index in [0.717, 1.165) is 0 Å². The van der Waals surface area contributed by atoms with Gasteiger partial charge in [0.1, 0.15) is 0 Å². The van der Waals surface area contributed by atoms with Gasteiger partial charge in [-0.2, -0.15) is 0 Å². The monoisotopic (exact) mass is 189 g/mol. The van der Waals surface area contributed by atoms with Crippen molar-refractivity contribution in [3.8, 4) is 0 Å². The molecule has 0 spiro atoms. The molecule has 0 aliphatic rings. The zero-order valence-electron chi connectivity index (χ0n) is 2.58. The van der Waals surface area contributed by atoms with E-state index in [4.69, 9.17) is 0 Å². The van der Waals surface area contributed by atoms with Crippen LogP contribution in [0, 0.1) is 0 Å². The zero-order valence-corrected chi connectivity index (χ0v) is 6.02. The third-order valence-corrected chi connectivity index (χ3v) is 0. The van der Waals surface area contributed by atoms with Gasteiger partial charge in [0, 0.05) is 0 Å². The zero-order chi connectivity index (χ0) is 0. The van der Waals surface area contributed by atoms with Crippen molar-refractivity contribution in [2.75, 3.05) is 0 Å². The Morgan fingerprint density at radius 1 is 0.667 bits per heavy atom. The summed E-state index contributed by atoms with van der Waals surface area (Å²) in [5.74, 6) is 0. The van der Waals surface area contributed by atoms with Crippen LogP contribution < -0.4 is 0 Å². The van der Waals surface area contributed by atoms with Crippen molar-refractivity contribution < 1.29 is 49.7 Å². The third kappa shape index (κ3) is 45.0.